The Kier molecular flexibility index (Phi) is 6.13. The number of hydrogen-bond donors (Lipinski definition) is 6. The summed E-state index contributed by atoms with van der Waals surface area (Å²) < 4.78 is 0. The van der Waals surface area contributed by atoms with Gasteiger partial charge in [-0.15, -0.1) is 0 Å². The van der Waals surface area contributed by atoms with Crippen molar-refractivity contribution < 1.29 is 20.4 Å². The van der Waals surface area contributed by atoms with Crippen LogP contribution >= 0.6 is 0 Å². The van der Waals surface area contributed by atoms with Gasteiger partial charge in [0.25, 0.3) is 0 Å². The van der Waals surface area contributed by atoms with E-state index in [2.05, 4.69) is 0 Å². The summed E-state index contributed by atoms with van der Waals surface area (Å²) in [5, 5.41) is 35.6. The zero-order valence-electron chi connectivity index (χ0n) is 7.37. The minimum absolute atomic E-state index is 0.0521. The quantitative estimate of drug-likeness (QED) is 0.263. The highest BCUT2D eigenvalue weighted by Gasteiger charge is 2.21. The summed E-state index contributed by atoms with van der Waals surface area (Å²) in [7, 11) is 0. The Morgan fingerprint density at radius 2 is 1.15 bits per heavy atom. The molecule has 0 saturated carbocycles. The van der Waals surface area contributed by atoms with E-state index in [-0.39, 0.29) is 19.6 Å². The second kappa shape index (κ2) is 6.25. The lowest BCUT2D eigenvalue weighted by atomic mass is 10.0. The maximum absolute atomic E-state index is 9.25. The van der Waals surface area contributed by atoms with Crippen LogP contribution in [0.4, 0.5) is 0 Å². The fraction of sp³-hybridized carbons (Fsp3) is 1.00. The highest BCUT2D eigenvalue weighted by Crippen LogP contribution is 2.04. The van der Waals surface area contributed by atoms with Crippen LogP contribution in [0.15, 0.2) is 0 Å². The molecule has 0 unspecified atom stereocenters. The monoisotopic (exact) mass is 194 g/mol. The van der Waals surface area contributed by atoms with E-state index in [0.717, 1.165) is 0 Å². The molecule has 0 amide bonds. The third-order valence-electron chi connectivity index (χ3n) is 1.89. The Balaban J connectivity index is 3.83. The zero-order chi connectivity index (χ0) is 10.4. The third kappa shape index (κ3) is 4.51. The average Bonchev–Trinajstić information content (AvgIpc) is 2.14. The van der Waals surface area contributed by atoms with Crippen molar-refractivity contribution in [2.75, 3.05) is 13.2 Å². The maximum Gasteiger partial charge on any atom is 0.0738 e. The summed E-state index contributed by atoms with van der Waals surface area (Å²) in [5.41, 5.74) is 10.6. The number of aliphatic hydroxyl groups excluding tert-OH is 4. The fourth-order valence-electron chi connectivity index (χ4n) is 0.840. The summed E-state index contributed by atoms with van der Waals surface area (Å²) >= 11 is 0. The highest BCUT2D eigenvalue weighted by molar-refractivity contribution is 4.79. The van der Waals surface area contributed by atoms with E-state index in [4.69, 9.17) is 21.7 Å². The Hall–Kier alpha value is -0.240. The van der Waals surface area contributed by atoms with Crippen molar-refractivity contribution in [1.29, 1.82) is 0 Å². The molecule has 6 nitrogen and oxygen atoms in total. The van der Waals surface area contributed by atoms with E-state index in [1.807, 2.05) is 0 Å². The molecule has 80 valence electrons. The molecule has 13 heavy (non-hydrogen) atoms. The molecule has 0 rings (SSSR count). The minimum atomic E-state index is -1.02. The van der Waals surface area contributed by atoms with Crippen LogP contribution in [0.3, 0.4) is 0 Å². The van der Waals surface area contributed by atoms with Gasteiger partial charge in [-0.2, -0.15) is 0 Å². The highest BCUT2D eigenvalue weighted by atomic mass is 16.3. The van der Waals surface area contributed by atoms with Gasteiger partial charge in [0.1, 0.15) is 0 Å². The summed E-state index contributed by atoms with van der Waals surface area (Å²) in [6.07, 6.45) is -2.08. The fourth-order valence-corrected chi connectivity index (χ4v) is 0.840. The first-order valence-corrected chi connectivity index (χ1v) is 4.12. The second-order valence-electron chi connectivity index (χ2n) is 3.06. The number of rotatable bonds is 6. The molecule has 0 heterocycles. The molecule has 0 aliphatic carbocycles. The van der Waals surface area contributed by atoms with Gasteiger partial charge in [-0.05, 0) is 0 Å². The predicted molar refractivity (Wildman–Crippen MR) is 46.8 cm³/mol. The SMILES string of the molecule is N[C@H](CO)[C@@H](O)C[C@H](O)[C@@H](N)CO. The van der Waals surface area contributed by atoms with Crippen LogP contribution in [0.1, 0.15) is 6.42 Å². The largest absolute Gasteiger partial charge is 0.395 e. The van der Waals surface area contributed by atoms with Gasteiger partial charge in [-0.3, -0.25) is 0 Å². The molecule has 0 fully saturated rings. The van der Waals surface area contributed by atoms with E-state index in [1.165, 1.54) is 0 Å². The van der Waals surface area contributed by atoms with Gasteiger partial charge in [0.05, 0.1) is 37.5 Å². The summed E-state index contributed by atoms with van der Waals surface area (Å²) in [5.74, 6) is 0. The number of hydrogen-bond acceptors (Lipinski definition) is 6. The molecular weight excluding hydrogens is 176 g/mol. The molecule has 4 atom stereocenters. The first-order chi connectivity index (χ1) is 6.02. The van der Waals surface area contributed by atoms with Gasteiger partial charge >= 0.3 is 0 Å². The molecule has 0 aromatic carbocycles. The predicted octanol–water partition coefficient (Wildman–Crippen LogP) is -3.26. The van der Waals surface area contributed by atoms with Crippen LogP contribution in [0.2, 0.25) is 0 Å². The molecule has 0 spiro atoms. The number of nitrogens with two attached hydrogens (primary N) is 2. The zero-order valence-corrected chi connectivity index (χ0v) is 7.37. The van der Waals surface area contributed by atoms with Crippen molar-refractivity contribution in [3.63, 3.8) is 0 Å². The van der Waals surface area contributed by atoms with Gasteiger partial charge < -0.3 is 31.9 Å². The number of aliphatic hydroxyl groups is 4. The van der Waals surface area contributed by atoms with E-state index >= 15 is 0 Å². The summed E-state index contributed by atoms with van der Waals surface area (Å²) in [6, 6.07) is -1.58. The minimum Gasteiger partial charge on any atom is -0.395 e. The Morgan fingerprint density at radius 3 is 1.38 bits per heavy atom. The molecule has 0 aromatic heterocycles. The Bertz CT molecular complexity index is 122. The second-order valence-corrected chi connectivity index (χ2v) is 3.06. The van der Waals surface area contributed by atoms with Crippen LogP contribution in [0.25, 0.3) is 0 Å². The van der Waals surface area contributed by atoms with Crippen LogP contribution < -0.4 is 11.5 Å². The van der Waals surface area contributed by atoms with Crippen LogP contribution in [0, 0.1) is 0 Å². The molecule has 8 N–H and O–H groups in total. The lowest BCUT2D eigenvalue weighted by Crippen LogP contribution is -2.45. The molecule has 6 heteroatoms. The smallest absolute Gasteiger partial charge is 0.0738 e. The maximum atomic E-state index is 9.25. The van der Waals surface area contributed by atoms with Crippen molar-refractivity contribution >= 4 is 0 Å². The van der Waals surface area contributed by atoms with E-state index in [1.54, 1.807) is 0 Å². The molecule has 0 aromatic rings. The lowest BCUT2D eigenvalue weighted by molar-refractivity contribution is 0.0302. The van der Waals surface area contributed by atoms with Gasteiger partial charge in [0.15, 0.2) is 0 Å². The van der Waals surface area contributed by atoms with Crippen molar-refractivity contribution in [2.24, 2.45) is 11.5 Å². The lowest BCUT2D eigenvalue weighted by Gasteiger charge is -2.22. The Morgan fingerprint density at radius 1 is 0.846 bits per heavy atom. The van der Waals surface area contributed by atoms with Gasteiger partial charge in [0.2, 0.25) is 0 Å². The first-order valence-electron chi connectivity index (χ1n) is 4.12. The summed E-state index contributed by atoms with van der Waals surface area (Å²) in [4.78, 5) is 0. The molecule has 0 aliphatic rings. The van der Waals surface area contributed by atoms with Crippen molar-refractivity contribution in [3.05, 3.63) is 0 Å². The van der Waals surface area contributed by atoms with E-state index < -0.39 is 24.3 Å². The van der Waals surface area contributed by atoms with Crippen molar-refractivity contribution in [1.82, 2.24) is 0 Å². The van der Waals surface area contributed by atoms with Gasteiger partial charge in [0, 0.05) is 6.42 Å². The molecule has 0 aliphatic heterocycles. The van der Waals surface area contributed by atoms with Gasteiger partial charge in [-0.25, -0.2) is 0 Å². The molecule has 0 bridgehead atoms. The topological polar surface area (TPSA) is 133 Å². The van der Waals surface area contributed by atoms with Gasteiger partial charge in [-0.1, -0.05) is 0 Å². The summed E-state index contributed by atoms with van der Waals surface area (Å²) in [6.45, 7) is -0.718. The van der Waals surface area contributed by atoms with Crippen molar-refractivity contribution in [3.8, 4) is 0 Å². The third-order valence-corrected chi connectivity index (χ3v) is 1.89. The normalized spacial score (nSPS) is 20.8. The van der Waals surface area contributed by atoms with Crippen LogP contribution in [-0.4, -0.2) is 57.9 Å². The molecule has 0 saturated heterocycles. The van der Waals surface area contributed by atoms with E-state index in [0.29, 0.717) is 0 Å². The van der Waals surface area contributed by atoms with Crippen molar-refractivity contribution in [2.45, 2.75) is 30.7 Å². The van der Waals surface area contributed by atoms with E-state index in [9.17, 15) is 10.2 Å². The Labute approximate surface area is 76.8 Å². The first kappa shape index (κ1) is 12.8. The van der Waals surface area contributed by atoms with Crippen LogP contribution in [0.5, 0.6) is 0 Å². The van der Waals surface area contributed by atoms with Crippen LogP contribution in [-0.2, 0) is 0 Å². The molecule has 0 radical (unpaired) electrons. The standard InChI is InChI=1S/C7H18N2O4/c8-4(2-10)6(12)1-7(13)5(9)3-11/h4-7,10-13H,1-3,8-9H2/t4-,5+,6-,7-/m0/s1. The average molecular weight is 194 g/mol. The molecular formula is C7H18N2O4.